The summed E-state index contributed by atoms with van der Waals surface area (Å²) >= 11 is 0. The molecule has 1 fully saturated rings. The highest BCUT2D eigenvalue weighted by atomic mass is 19.1. The van der Waals surface area contributed by atoms with Gasteiger partial charge in [-0.2, -0.15) is 0 Å². The molecule has 86 valence electrons. The molecule has 0 saturated heterocycles. The van der Waals surface area contributed by atoms with Gasteiger partial charge in [-0.15, -0.1) is 0 Å². The quantitative estimate of drug-likeness (QED) is 0.826. The van der Waals surface area contributed by atoms with Crippen LogP contribution in [0.3, 0.4) is 0 Å². The Hall–Kier alpha value is -1.78. The maximum Gasteiger partial charge on any atom is 0.319 e. The van der Waals surface area contributed by atoms with Gasteiger partial charge in [0.15, 0.2) is 11.6 Å². The van der Waals surface area contributed by atoms with Crippen molar-refractivity contribution in [2.75, 3.05) is 12.4 Å². The SMILES string of the molecule is COc1ccc(NC(=O)NC2CC2)cc1F. The molecule has 0 aliphatic heterocycles. The molecule has 1 aliphatic carbocycles. The predicted octanol–water partition coefficient (Wildman–Crippen LogP) is 2.12. The molecule has 0 heterocycles. The van der Waals surface area contributed by atoms with E-state index in [2.05, 4.69) is 10.6 Å². The molecular weight excluding hydrogens is 211 g/mol. The van der Waals surface area contributed by atoms with Gasteiger partial charge in [0.05, 0.1) is 7.11 Å². The second-order valence-corrected chi connectivity index (χ2v) is 3.72. The van der Waals surface area contributed by atoms with Gasteiger partial charge in [0.1, 0.15) is 0 Å². The van der Waals surface area contributed by atoms with Crippen molar-refractivity contribution < 1.29 is 13.9 Å². The molecule has 5 heteroatoms. The number of benzene rings is 1. The second kappa shape index (κ2) is 4.38. The topological polar surface area (TPSA) is 50.4 Å². The van der Waals surface area contributed by atoms with Crippen LogP contribution in [-0.4, -0.2) is 19.2 Å². The van der Waals surface area contributed by atoms with E-state index in [-0.39, 0.29) is 17.8 Å². The van der Waals surface area contributed by atoms with Crippen LogP contribution in [0.15, 0.2) is 18.2 Å². The minimum Gasteiger partial charge on any atom is -0.494 e. The van der Waals surface area contributed by atoms with Gasteiger partial charge in [-0.25, -0.2) is 9.18 Å². The van der Waals surface area contributed by atoms with E-state index >= 15 is 0 Å². The van der Waals surface area contributed by atoms with Crippen LogP contribution in [-0.2, 0) is 0 Å². The molecule has 0 aromatic heterocycles. The highest BCUT2D eigenvalue weighted by molar-refractivity contribution is 5.89. The van der Waals surface area contributed by atoms with Crippen LogP contribution in [0.1, 0.15) is 12.8 Å². The van der Waals surface area contributed by atoms with Crippen molar-refractivity contribution in [1.82, 2.24) is 5.32 Å². The Morgan fingerprint density at radius 1 is 1.50 bits per heavy atom. The Balaban J connectivity index is 1.97. The number of amides is 2. The number of carbonyl (C=O) groups is 1. The number of hydrogen-bond donors (Lipinski definition) is 2. The number of carbonyl (C=O) groups excluding carboxylic acids is 1. The highest BCUT2D eigenvalue weighted by Gasteiger charge is 2.23. The molecule has 1 aliphatic rings. The average Bonchev–Trinajstić information content (AvgIpc) is 3.01. The summed E-state index contributed by atoms with van der Waals surface area (Å²) in [6.07, 6.45) is 2.04. The van der Waals surface area contributed by atoms with E-state index in [4.69, 9.17) is 4.74 Å². The maximum absolute atomic E-state index is 13.3. The Bertz CT molecular complexity index is 405. The van der Waals surface area contributed by atoms with Crippen LogP contribution in [0.5, 0.6) is 5.75 Å². The number of anilines is 1. The molecule has 1 aromatic rings. The molecule has 0 unspecified atom stereocenters. The van der Waals surface area contributed by atoms with Gasteiger partial charge in [-0.1, -0.05) is 0 Å². The largest absolute Gasteiger partial charge is 0.494 e. The number of nitrogens with one attached hydrogen (secondary N) is 2. The van der Waals surface area contributed by atoms with Gasteiger partial charge in [0, 0.05) is 17.8 Å². The molecule has 2 amide bonds. The van der Waals surface area contributed by atoms with E-state index < -0.39 is 5.82 Å². The van der Waals surface area contributed by atoms with Crippen LogP contribution < -0.4 is 15.4 Å². The van der Waals surface area contributed by atoms with E-state index in [0.29, 0.717) is 5.69 Å². The number of halogens is 1. The van der Waals surface area contributed by atoms with Gasteiger partial charge >= 0.3 is 6.03 Å². The molecule has 0 radical (unpaired) electrons. The third kappa shape index (κ3) is 2.62. The lowest BCUT2D eigenvalue weighted by molar-refractivity contribution is 0.251. The minimum atomic E-state index is -0.494. The zero-order valence-corrected chi connectivity index (χ0v) is 8.92. The molecule has 1 aromatic carbocycles. The Labute approximate surface area is 92.8 Å². The van der Waals surface area contributed by atoms with Crippen LogP contribution >= 0.6 is 0 Å². The molecule has 2 N–H and O–H groups in total. The number of urea groups is 1. The zero-order valence-electron chi connectivity index (χ0n) is 8.92. The lowest BCUT2D eigenvalue weighted by Crippen LogP contribution is -2.30. The number of methoxy groups -OCH3 is 1. The van der Waals surface area contributed by atoms with Crippen molar-refractivity contribution in [3.8, 4) is 5.75 Å². The summed E-state index contributed by atoms with van der Waals surface area (Å²) in [6.45, 7) is 0. The fourth-order valence-corrected chi connectivity index (χ4v) is 1.32. The highest BCUT2D eigenvalue weighted by Crippen LogP contribution is 2.21. The van der Waals surface area contributed by atoms with Crippen molar-refractivity contribution in [2.45, 2.75) is 18.9 Å². The van der Waals surface area contributed by atoms with E-state index in [1.807, 2.05) is 0 Å². The van der Waals surface area contributed by atoms with E-state index in [9.17, 15) is 9.18 Å². The van der Waals surface area contributed by atoms with Crippen molar-refractivity contribution in [1.29, 1.82) is 0 Å². The number of hydrogen-bond acceptors (Lipinski definition) is 2. The smallest absolute Gasteiger partial charge is 0.319 e. The van der Waals surface area contributed by atoms with E-state index in [0.717, 1.165) is 12.8 Å². The van der Waals surface area contributed by atoms with Crippen LogP contribution in [0.25, 0.3) is 0 Å². The van der Waals surface area contributed by atoms with Gasteiger partial charge in [-0.05, 0) is 25.0 Å². The normalized spacial score (nSPS) is 14.4. The standard InChI is InChI=1S/C11H13FN2O2/c1-16-10-5-4-8(6-9(10)12)14-11(15)13-7-2-3-7/h4-7H,2-3H2,1H3,(H2,13,14,15). The summed E-state index contributed by atoms with van der Waals surface area (Å²) in [6, 6.07) is 4.28. The lowest BCUT2D eigenvalue weighted by Gasteiger charge is -2.08. The first kappa shape index (κ1) is 10.7. The molecule has 4 nitrogen and oxygen atoms in total. The van der Waals surface area contributed by atoms with Crippen molar-refractivity contribution in [3.05, 3.63) is 24.0 Å². The van der Waals surface area contributed by atoms with Crippen molar-refractivity contribution in [3.63, 3.8) is 0 Å². The lowest BCUT2D eigenvalue weighted by atomic mass is 10.3. The summed E-state index contributed by atoms with van der Waals surface area (Å²) in [4.78, 5) is 11.4. The fourth-order valence-electron chi connectivity index (χ4n) is 1.32. The number of rotatable bonds is 3. The van der Waals surface area contributed by atoms with Gasteiger partial charge in [0.25, 0.3) is 0 Å². The Kier molecular flexibility index (Phi) is 2.94. The summed E-state index contributed by atoms with van der Waals surface area (Å²) < 4.78 is 18.1. The Morgan fingerprint density at radius 2 is 2.25 bits per heavy atom. The maximum atomic E-state index is 13.3. The summed E-state index contributed by atoms with van der Waals surface area (Å²) in [7, 11) is 1.39. The molecule has 0 atom stereocenters. The second-order valence-electron chi connectivity index (χ2n) is 3.72. The van der Waals surface area contributed by atoms with Gasteiger partial charge in [0.2, 0.25) is 0 Å². The van der Waals surface area contributed by atoms with Gasteiger partial charge < -0.3 is 15.4 Å². The van der Waals surface area contributed by atoms with Crippen LogP contribution in [0.2, 0.25) is 0 Å². The van der Waals surface area contributed by atoms with Crippen LogP contribution in [0, 0.1) is 5.82 Å². The summed E-state index contributed by atoms with van der Waals surface area (Å²) in [5.41, 5.74) is 0.413. The van der Waals surface area contributed by atoms with Gasteiger partial charge in [-0.3, -0.25) is 0 Å². The fraction of sp³-hybridized carbons (Fsp3) is 0.364. The zero-order chi connectivity index (χ0) is 11.5. The first-order valence-corrected chi connectivity index (χ1v) is 5.10. The van der Waals surface area contributed by atoms with E-state index in [1.54, 1.807) is 6.07 Å². The predicted molar refractivity (Wildman–Crippen MR) is 58.1 cm³/mol. The summed E-state index contributed by atoms with van der Waals surface area (Å²) in [5, 5.41) is 5.31. The minimum absolute atomic E-state index is 0.160. The van der Waals surface area contributed by atoms with Crippen LogP contribution in [0.4, 0.5) is 14.9 Å². The van der Waals surface area contributed by atoms with Crippen molar-refractivity contribution >= 4 is 11.7 Å². The average molecular weight is 224 g/mol. The molecule has 0 bridgehead atoms. The van der Waals surface area contributed by atoms with E-state index in [1.165, 1.54) is 19.2 Å². The van der Waals surface area contributed by atoms with Crippen molar-refractivity contribution in [2.24, 2.45) is 0 Å². The molecule has 0 spiro atoms. The third-order valence-electron chi connectivity index (χ3n) is 2.32. The molecule has 16 heavy (non-hydrogen) atoms. The monoisotopic (exact) mass is 224 g/mol. The first-order valence-electron chi connectivity index (χ1n) is 5.10. The first-order chi connectivity index (χ1) is 7.69. The molecule has 1 saturated carbocycles. The third-order valence-corrected chi connectivity index (χ3v) is 2.32. The number of ether oxygens (including phenoxy) is 1. The molecular formula is C11H13FN2O2. The molecule has 2 rings (SSSR count). The Morgan fingerprint density at radius 3 is 2.81 bits per heavy atom. The summed E-state index contributed by atoms with van der Waals surface area (Å²) in [5.74, 6) is -0.333.